The first-order valence-corrected chi connectivity index (χ1v) is 8.00. The van der Waals surface area contributed by atoms with Crippen LogP contribution in [0.15, 0.2) is 10.8 Å². The third-order valence-electron chi connectivity index (χ3n) is 4.71. The Kier molecular flexibility index (Phi) is 3.83. The second-order valence-electron chi connectivity index (χ2n) is 6.28. The van der Waals surface area contributed by atoms with E-state index in [-0.39, 0.29) is 12.0 Å². The van der Waals surface area contributed by atoms with Gasteiger partial charge >= 0.3 is 5.97 Å². The molecule has 0 atom stereocenters. The smallest absolute Gasteiger partial charge is 0.329 e. The summed E-state index contributed by atoms with van der Waals surface area (Å²) in [6.45, 7) is 1.78. The van der Waals surface area contributed by atoms with E-state index in [1.165, 1.54) is 0 Å². The minimum absolute atomic E-state index is 0.279. The number of aryl methyl sites for hydroxylation is 1. The van der Waals surface area contributed by atoms with Crippen molar-refractivity contribution in [2.45, 2.75) is 31.3 Å². The van der Waals surface area contributed by atoms with Gasteiger partial charge in [0.15, 0.2) is 0 Å². The maximum atomic E-state index is 10.9. The van der Waals surface area contributed by atoms with Gasteiger partial charge in [-0.1, -0.05) is 0 Å². The lowest BCUT2D eigenvalue weighted by Gasteiger charge is -2.56. The number of carboxylic acids is 1. The summed E-state index contributed by atoms with van der Waals surface area (Å²) in [5.41, 5.74) is -0.279. The fourth-order valence-corrected chi connectivity index (χ4v) is 4.32. The van der Waals surface area contributed by atoms with Crippen LogP contribution in [0.1, 0.15) is 31.5 Å². The van der Waals surface area contributed by atoms with Crippen molar-refractivity contribution < 1.29 is 14.6 Å². The Morgan fingerprint density at radius 1 is 1.52 bits per heavy atom. The number of aliphatic carboxylic acids is 1. The number of rotatable bonds is 4. The predicted octanol–water partition coefficient (Wildman–Crippen LogP) is 1.64. The van der Waals surface area contributed by atoms with Gasteiger partial charge in [-0.3, -0.25) is 0 Å². The third kappa shape index (κ3) is 2.74. The molecule has 2 fully saturated rings. The average molecular weight is 358 g/mol. The van der Waals surface area contributed by atoms with Crippen molar-refractivity contribution in [3.63, 3.8) is 0 Å². The third-order valence-corrected chi connectivity index (χ3v) is 5.09. The molecule has 7 heteroatoms. The van der Waals surface area contributed by atoms with E-state index in [9.17, 15) is 4.79 Å². The summed E-state index contributed by atoms with van der Waals surface area (Å²) in [5, 5.41) is 12.3. The van der Waals surface area contributed by atoms with Crippen molar-refractivity contribution in [3.05, 3.63) is 16.6 Å². The number of halogens is 1. The number of piperidine rings is 1. The van der Waals surface area contributed by atoms with E-state index in [1.807, 2.05) is 17.8 Å². The van der Waals surface area contributed by atoms with Crippen molar-refractivity contribution in [2.75, 3.05) is 19.7 Å². The van der Waals surface area contributed by atoms with Gasteiger partial charge in [0.1, 0.15) is 22.6 Å². The highest BCUT2D eigenvalue weighted by Gasteiger charge is 2.58. The molecule has 116 valence electrons. The van der Waals surface area contributed by atoms with E-state index in [0.29, 0.717) is 0 Å². The lowest BCUT2D eigenvalue weighted by Crippen LogP contribution is -2.56. The van der Waals surface area contributed by atoms with Gasteiger partial charge in [0.2, 0.25) is 0 Å². The number of nitrogens with zero attached hydrogens (tertiary/aromatic N) is 2. The number of hydrogen-bond donors (Lipinski definition) is 2. The van der Waals surface area contributed by atoms with Gasteiger partial charge in [-0.05, 0) is 60.1 Å². The van der Waals surface area contributed by atoms with E-state index in [4.69, 9.17) is 9.84 Å². The second-order valence-corrected chi connectivity index (χ2v) is 7.09. The predicted molar refractivity (Wildman–Crippen MR) is 79.9 cm³/mol. The normalized spacial score (nSPS) is 23.0. The van der Waals surface area contributed by atoms with Crippen LogP contribution < -0.4 is 5.32 Å². The molecule has 0 bridgehead atoms. The Bertz CT molecular complexity index is 544. The summed E-state index contributed by atoms with van der Waals surface area (Å²) in [7, 11) is 1.92. The first kappa shape index (κ1) is 15.0. The number of carbonyl (C=O) groups is 1. The average Bonchev–Trinajstić information content (AvgIpc) is 2.74. The van der Waals surface area contributed by atoms with E-state index >= 15 is 0 Å². The van der Waals surface area contributed by atoms with Gasteiger partial charge in [-0.2, -0.15) is 0 Å². The number of nitrogens with one attached hydrogen (secondary N) is 1. The monoisotopic (exact) mass is 357 g/mol. The van der Waals surface area contributed by atoms with E-state index in [0.717, 1.165) is 49.2 Å². The van der Waals surface area contributed by atoms with Crippen molar-refractivity contribution >= 4 is 21.9 Å². The minimum atomic E-state index is -0.936. The maximum absolute atomic E-state index is 10.9. The summed E-state index contributed by atoms with van der Waals surface area (Å²) in [6, 6.07) is 0. The largest absolute Gasteiger partial charge is 0.480 e. The molecule has 21 heavy (non-hydrogen) atoms. The van der Waals surface area contributed by atoms with Crippen LogP contribution in [0.2, 0.25) is 0 Å². The summed E-state index contributed by atoms with van der Waals surface area (Å²) < 4.78 is 8.50. The topological polar surface area (TPSA) is 76.4 Å². The fourth-order valence-electron chi connectivity index (χ4n) is 3.85. The van der Waals surface area contributed by atoms with Gasteiger partial charge in [0.05, 0.1) is 0 Å². The van der Waals surface area contributed by atoms with Gasteiger partial charge in [-0.25, -0.2) is 9.78 Å². The molecule has 6 nitrogen and oxygen atoms in total. The van der Waals surface area contributed by atoms with Crippen LogP contribution in [-0.4, -0.2) is 40.3 Å². The molecule has 2 heterocycles. The summed E-state index contributed by atoms with van der Waals surface area (Å²) >= 11 is 3.38. The second kappa shape index (κ2) is 5.37. The lowest BCUT2D eigenvalue weighted by molar-refractivity contribution is -0.199. The molecule has 1 aliphatic heterocycles. The Morgan fingerprint density at radius 3 is 2.71 bits per heavy atom. The van der Waals surface area contributed by atoms with Crippen molar-refractivity contribution in [1.29, 1.82) is 0 Å². The lowest BCUT2D eigenvalue weighted by atomic mass is 9.55. The van der Waals surface area contributed by atoms with Crippen molar-refractivity contribution in [2.24, 2.45) is 12.5 Å². The molecule has 3 rings (SSSR count). The Hall–Kier alpha value is -0.920. The Morgan fingerprint density at radius 2 is 2.19 bits per heavy atom. The highest BCUT2D eigenvalue weighted by atomic mass is 79.9. The highest BCUT2D eigenvalue weighted by molar-refractivity contribution is 9.10. The maximum Gasteiger partial charge on any atom is 0.329 e. The summed E-state index contributed by atoms with van der Waals surface area (Å²) in [6.07, 6.45) is 5.83. The molecular formula is C14H20BrN3O3. The molecule has 0 amide bonds. The molecule has 0 unspecified atom stereocenters. The van der Waals surface area contributed by atoms with Crippen LogP contribution in [0.25, 0.3) is 0 Å². The Labute approximate surface area is 132 Å². The molecular weight excluding hydrogens is 338 g/mol. The van der Waals surface area contributed by atoms with Crippen molar-refractivity contribution in [3.8, 4) is 0 Å². The van der Waals surface area contributed by atoms with Crippen LogP contribution in [0.5, 0.6) is 0 Å². The van der Waals surface area contributed by atoms with E-state index < -0.39 is 11.6 Å². The molecule has 1 saturated carbocycles. The molecule has 2 N–H and O–H groups in total. The minimum Gasteiger partial charge on any atom is -0.480 e. The zero-order valence-corrected chi connectivity index (χ0v) is 13.6. The van der Waals surface area contributed by atoms with Crippen LogP contribution in [-0.2, 0) is 22.2 Å². The van der Waals surface area contributed by atoms with Crippen molar-refractivity contribution in [1.82, 2.24) is 14.9 Å². The number of hydrogen-bond acceptors (Lipinski definition) is 4. The highest BCUT2D eigenvalue weighted by Crippen LogP contribution is 2.60. The zero-order valence-electron chi connectivity index (χ0n) is 12.1. The molecule has 1 aromatic heterocycles. The van der Waals surface area contributed by atoms with Crippen LogP contribution in [0.3, 0.4) is 0 Å². The van der Waals surface area contributed by atoms with E-state index in [2.05, 4.69) is 26.2 Å². The van der Waals surface area contributed by atoms with Gasteiger partial charge in [-0.15, -0.1) is 0 Å². The summed E-state index contributed by atoms with van der Waals surface area (Å²) in [4.78, 5) is 15.4. The van der Waals surface area contributed by atoms with E-state index in [1.54, 1.807) is 0 Å². The molecule has 0 radical (unpaired) electrons. The summed E-state index contributed by atoms with van der Waals surface area (Å²) in [5.74, 6) is -0.117. The number of aromatic nitrogens is 2. The molecule has 1 aliphatic carbocycles. The van der Waals surface area contributed by atoms with Crippen LogP contribution in [0.4, 0.5) is 0 Å². The molecule has 2 aliphatic rings. The number of carboxylic acid groups (broad SMARTS) is 1. The van der Waals surface area contributed by atoms with Gasteiger partial charge < -0.3 is 19.7 Å². The van der Waals surface area contributed by atoms with Gasteiger partial charge in [0.25, 0.3) is 0 Å². The number of ether oxygens (including phenoxy) is 1. The fraction of sp³-hybridized carbons (Fsp3) is 0.714. The molecule has 0 aromatic carbocycles. The molecule has 1 aromatic rings. The van der Waals surface area contributed by atoms with Crippen LogP contribution in [0, 0.1) is 5.41 Å². The quantitative estimate of drug-likeness (QED) is 0.856. The first-order valence-electron chi connectivity index (χ1n) is 7.21. The SMILES string of the molecule is Cn1cc(Br)nc1C1(OCC(=O)O)CC2(CCNCC2)C1. The molecule has 1 spiro atoms. The molecule has 1 saturated heterocycles. The standard InChI is InChI=1S/C14H20BrN3O3/c1-18-6-10(15)17-12(18)14(21-7-11(19)20)8-13(9-14)2-4-16-5-3-13/h6,16H,2-5,7-9H2,1H3,(H,19,20). The zero-order chi connectivity index (χ0) is 15.1. The first-order chi connectivity index (χ1) is 9.95. The number of imidazole rings is 1. The Balaban J connectivity index is 1.84. The van der Waals surface area contributed by atoms with Gasteiger partial charge in [0, 0.05) is 13.2 Å². The van der Waals surface area contributed by atoms with Crippen LogP contribution >= 0.6 is 15.9 Å².